The quantitative estimate of drug-likeness (QED) is 0.587. The van der Waals surface area contributed by atoms with Crippen LogP contribution in [-0.4, -0.2) is 28.1 Å². The number of anilines is 1. The number of nitrogens with one attached hydrogen (secondary N) is 1. The van der Waals surface area contributed by atoms with E-state index >= 15 is 0 Å². The zero-order valence-corrected chi connectivity index (χ0v) is 10.0. The van der Waals surface area contributed by atoms with Gasteiger partial charge in [-0.05, 0) is 24.6 Å². The second-order valence-electron chi connectivity index (χ2n) is 3.92. The average molecular weight is 252 g/mol. The molecule has 1 aromatic carbocycles. The third-order valence-corrected chi connectivity index (χ3v) is 2.43. The Labute approximate surface area is 104 Å². The number of rotatable bonds is 5. The highest BCUT2D eigenvalue weighted by Gasteiger charge is 2.17. The van der Waals surface area contributed by atoms with Crippen LogP contribution in [0.4, 0.5) is 5.69 Å². The standard InChI is InChI=1S/C12H16N2O4/c1-2-3-9(13)11(16)14-10-5-4-7(15)6-8(10)12(17)18/h4-6,9,15H,2-3,13H2,1H3,(H,14,16)(H,17,18)/t9-/m0/s1. The highest BCUT2D eigenvalue weighted by atomic mass is 16.4. The number of phenols is 1. The predicted molar refractivity (Wildman–Crippen MR) is 66.6 cm³/mol. The fourth-order valence-electron chi connectivity index (χ4n) is 1.49. The SMILES string of the molecule is CCC[C@H](N)C(=O)Nc1ccc(O)cc1C(=O)O. The van der Waals surface area contributed by atoms with Crippen LogP contribution in [0.1, 0.15) is 30.1 Å². The topological polar surface area (TPSA) is 113 Å². The molecular weight excluding hydrogens is 236 g/mol. The van der Waals surface area contributed by atoms with Gasteiger partial charge in [0.05, 0.1) is 17.3 Å². The molecule has 1 aromatic rings. The molecule has 0 aliphatic heterocycles. The van der Waals surface area contributed by atoms with Gasteiger partial charge in [-0.2, -0.15) is 0 Å². The number of carbonyl (C=O) groups excluding carboxylic acids is 1. The van der Waals surface area contributed by atoms with Gasteiger partial charge >= 0.3 is 5.97 Å². The van der Waals surface area contributed by atoms with Crippen molar-refractivity contribution in [2.24, 2.45) is 5.73 Å². The van der Waals surface area contributed by atoms with Gasteiger partial charge < -0.3 is 21.3 Å². The maximum atomic E-state index is 11.7. The number of phenolic OH excluding ortho intramolecular Hbond substituents is 1. The Balaban J connectivity index is 2.90. The molecule has 0 bridgehead atoms. The van der Waals surface area contributed by atoms with Crippen molar-refractivity contribution in [3.63, 3.8) is 0 Å². The molecule has 6 nitrogen and oxygen atoms in total. The Hall–Kier alpha value is -2.08. The summed E-state index contributed by atoms with van der Waals surface area (Å²) in [6, 6.07) is 3.02. The number of benzene rings is 1. The highest BCUT2D eigenvalue weighted by molar-refractivity contribution is 6.02. The van der Waals surface area contributed by atoms with Gasteiger partial charge in [-0.1, -0.05) is 13.3 Å². The van der Waals surface area contributed by atoms with Crippen LogP contribution >= 0.6 is 0 Å². The first-order valence-corrected chi connectivity index (χ1v) is 5.58. The first kappa shape index (κ1) is 14.0. The number of amides is 1. The van der Waals surface area contributed by atoms with E-state index in [9.17, 15) is 14.7 Å². The molecule has 98 valence electrons. The van der Waals surface area contributed by atoms with Crippen molar-refractivity contribution in [2.45, 2.75) is 25.8 Å². The second-order valence-corrected chi connectivity index (χ2v) is 3.92. The summed E-state index contributed by atoms with van der Waals surface area (Å²) in [6.07, 6.45) is 1.28. The minimum atomic E-state index is -1.23. The van der Waals surface area contributed by atoms with Crippen LogP contribution in [0.2, 0.25) is 0 Å². The zero-order valence-electron chi connectivity index (χ0n) is 10.0. The van der Waals surface area contributed by atoms with E-state index in [2.05, 4.69) is 5.32 Å². The summed E-state index contributed by atoms with van der Waals surface area (Å²) in [5.74, 6) is -1.85. The van der Waals surface area contributed by atoms with E-state index in [-0.39, 0.29) is 17.0 Å². The van der Waals surface area contributed by atoms with E-state index in [1.165, 1.54) is 12.1 Å². The van der Waals surface area contributed by atoms with Gasteiger partial charge in [-0.25, -0.2) is 4.79 Å². The Morgan fingerprint density at radius 2 is 2.11 bits per heavy atom. The van der Waals surface area contributed by atoms with E-state index in [1.807, 2.05) is 6.92 Å². The monoisotopic (exact) mass is 252 g/mol. The van der Waals surface area contributed by atoms with E-state index in [0.717, 1.165) is 12.5 Å². The summed E-state index contributed by atoms with van der Waals surface area (Å²) in [6.45, 7) is 1.90. The molecule has 0 saturated heterocycles. The Morgan fingerprint density at radius 3 is 2.67 bits per heavy atom. The lowest BCUT2D eigenvalue weighted by Gasteiger charge is -2.13. The lowest BCUT2D eigenvalue weighted by Crippen LogP contribution is -2.35. The molecule has 0 heterocycles. The molecule has 1 rings (SSSR count). The Kier molecular flexibility index (Phi) is 4.67. The molecule has 0 aliphatic rings. The fourth-order valence-corrected chi connectivity index (χ4v) is 1.49. The number of carboxylic acids is 1. The predicted octanol–water partition coefficient (Wildman–Crippen LogP) is 1.16. The largest absolute Gasteiger partial charge is 0.508 e. The molecule has 0 spiro atoms. The number of nitrogens with two attached hydrogens (primary N) is 1. The van der Waals surface area contributed by atoms with Crippen molar-refractivity contribution in [1.82, 2.24) is 0 Å². The molecule has 0 fully saturated rings. The molecule has 18 heavy (non-hydrogen) atoms. The van der Waals surface area contributed by atoms with Crippen LogP contribution in [0.5, 0.6) is 5.75 Å². The molecular formula is C12H16N2O4. The van der Waals surface area contributed by atoms with Crippen molar-refractivity contribution in [3.8, 4) is 5.75 Å². The Morgan fingerprint density at radius 1 is 1.44 bits per heavy atom. The molecule has 0 aromatic heterocycles. The molecule has 0 radical (unpaired) electrons. The molecule has 0 aliphatic carbocycles. The number of hydrogen-bond donors (Lipinski definition) is 4. The van der Waals surface area contributed by atoms with Gasteiger partial charge in [0.2, 0.25) is 5.91 Å². The first-order valence-electron chi connectivity index (χ1n) is 5.58. The lowest BCUT2D eigenvalue weighted by molar-refractivity contribution is -0.117. The van der Waals surface area contributed by atoms with E-state index in [0.29, 0.717) is 6.42 Å². The van der Waals surface area contributed by atoms with Crippen LogP contribution in [0.3, 0.4) is 0 Å². The van der Waals surface area contributed by atoms with Gasteiger partial charge in [0.25, 0.3) is 0 Å². The molecule has 1 amide bonds. The summed E-state index contributed by atoms with van der Waals surface area (Å²) in [5.41, 5.74) is 5.57. The van der Waals surface area contributed by atoms with Crippen molar-refractivity contribution in [2.75, 3.05) is 5.32 Å². The lowest BCUT2D eigenvalue weighted by atomic mass is 10.1. The van der Waals surface area contributed by atoms with Gasteiger partial charge in [-0.3, -0.25) is 4.79 Å². The summed E-state index contributed by atoms with van der Waals surface area (Å²) in [7, 11) is 0. The van der Waals surface area contributed by atoms with Gasteiger partial charge in [0.1, 0.15) is 5.75 Å². The molecule has 6 heteroatoms. The number of aromatic carboxylic acids is 1. The van der Waals surface area contributed by atoms with Gasteiger partial charge in [0, 0.05) is 0 Å². The smallest absolute Gasteiger partial charge is 0.337 e. The second kappa shape index (κ2) is 6.02. The molecule has 1 atom stereocenters. The first-order chi connectivity index (χ1) is 8.45. The molecule has 0 unspecified atom stereocenters. The minimum Gasteiger partial charge on any atom is -0.508 e. The number of carboxylic acid groups (broad SMARTS) is 1. The maximum absolute atomic E-state index is 11.7. The van der Waals surface area contributed by atoms with Crippen molar-refractivity contribution in [3.05, 3.63) is 23.8 Å². The normalized spacial score (nSPS) is 11.9. The van der Waals surface area contributed by atoms with Crippen LogP contribution < -0.4 is 11.1 Å². The highest BCUT2D eigenvalue weighted by Crippen LogP contribution is 2.21. The zero-order chi connectivity index (χ0) is 13.7. The average Bonchev–Trinajstić information content (AvgIpc) is 2.31. The van der Waals surface area contributed by atoms with Crippen molar-refractivity contribution in [1.29, 1.82) is 0 Å². The summed E-state index contributed by atoms with van der Waals surface area (Å²) in [4.78, 5) is 22.6. The summed E-state index contributed by atoms with van der Waals surface area (Å²) in [5, 5.41) is 20.6. The third-order valence-electron chi connectivity index (χ3n) is 2.43. The molecule has 5 N–H and O–H groups in total. The van der Waals surface area contributed by atoms with E-state index < -0.39 is 17.9 Å². The van der Waals surface area contributed by atoms with Crippen LogP contribution in [0.25, 0.3) is 0 Å². The number of hydrogen-bond acceptors (Lipinski definition) is 4. The number of carbonyl (C=O) groups is 2. The van der Waals surface area contributed by atoms with Crippen LogP contribution in [0.15, 0.2) is 18.2 Å². The molecule has 0 saturated carbocycles. The number of aromatic hydroxyl groups is 1. The van der Waals surface area contributed by atoms with Crippen molar-refractivity contribution < 1.29 is 19.8 Å². The van der Waals surface area contributed by atoms with Crippen LogP contribution in [-0.2, 0) is 4.79 Å². The maximum Gasteiger partial charge on any atom is 0.337 e. The van der Waals surface area contributed by atoms with Crippen molar-refractivity contribution >= 4 is 17.6 Å². The van der Waals surface area contributed by atoms with Gasteiger partial charge in [0.15, 0.2) is 0 Å². The van der Waals surface area contributed by atoms with E-state index in [1.54, 1.807) is 0 Å². The third kappa shape index (κ3) is 3.46. The summed E-state index contributed by atoms with van der Waals surface area (Å²) >= 11 is 0. The summed E-state index contributed by atoms with van der Waals surface area (Å²) < 4.78 is 0. The Bertz CT molecular complexity index is 459. The van der Waals surface area contributed by atoms with Crippen LogP contribution in [0, 0.1) is 0 Å². The minimum absolute atomic E-state index is 0.122. The van der Waals surface area contributed by atoms with Gasteiger partial charge in [-0.15, -0.1) is 0 Å². The van der Waals surface area contributed by atoms with E-state index in [4.69, 9.17) is 10.8 Å². The fraction of sp³-hybridized carbons (Fsp3) is 0.333.